The van der Waals surface area contributed by atoms with E-state index in [9.17, 15) is 9.59 Å². The monoisotopic (exact) mass is 249 g/mol. The minimum atomic E-state index is -1.33. The Balaban J connectivity index is 2.71. The number of nitrogens with zero attached hydrogens (tertiary/aromatic N) is 1. The van der Waals surface area contributed by atoms with Crippen molar-refractivity contribution in [3.05, 3.63) is 63.5 Å². The fourth-order valence-corrected chi connectivity index (χ4v) is 1.72. The van der Waals surface area contributed by atoms with Crippen molar-refractivity contribution in [3.63, 3.8) is 0 Å². The van der Waals surface area contributed by atoms with E-state index in [2.05, 4.69) is 0 Å². The molecule has 0 spiro atoms. The van der Waals surface area contributed by atoms with Gasteiger partial charge in [0.25, 0.3) is 5.56 Å². The van der Waals surface area contributed by atoms with Crippen molar-refractivity contribution in [2.75, 3.05) is 0 Å². The third-order valence-corrected chi connectivity index (χ3v) is 2.60. The number of benzene rings is 1. The first-order valence-electron chi connectivity index (χ1n) is 4.81. The molecule has 2 aromatic rings. The molecule has 1 aromatic carbocycles. The molecule has 5 heteroatoms. The predicted octanol–water partition coefficient (Wildman–Crippen LogP) is 2.19. The van der Waals surface area contributed by atoms with E-state index in [4.69, 9.17) is 16.7 Å². The molecule has 0 atom stereocenters. The molecule has 0 saturated heterocycles. The summed E-state index contributed by atoms with van der Waals surface area (Å²) in [6, 6.07) is 10.1. The SMILES string of the molecule is O=C(O)c1c(Cl)ccn(-c2ccccc2)c1=O. The first kappa shape index (κ1) is 11.4. The van der Waals surface area contributed by atoms with E-state index in [1.165, 1.54) is 16.8 Å². The largest absolute Gasteiger partial charge is 0.477 e. The number of carboxylic acids is 1. The molecule has 17 heavy (non-hydrogen) atoms. The lowest BCUT2D eigenvalue weighted by molar-refractivity contribution is 0.0695. The third kappa shape index (κ3) is 2.07. The predicted molar refractivity (Wildman–Crippen MR) is 64.0 cm³/mol. The number of hydrogen-bond acceptors (Lipinski definition) is 2. The molecular weight excluding hydrogens is 242 g/mol. The smallest absolute Gasteiger partial charge is 0.342 e. The molecule has 0 unspecified atom stereocenters. The summed E-state index contributed by atoms with van der Waals surface area (Å²) in [5, 5.41) is 8.86. The summed E-state index contributed by atoms with van der Waals surface area (Å²) < 4.78 is 1.25. The number of aromatic carboxylic acids is 1. The molecule has 0 fully saturated rings. The van der Waals surface area contributed by atoms with Crippen LogP contribution in [0, 0.1) is 0 Å². The van der Waals surface area contributed by atoms with E-state index in [1.807, 2.05) is 6.07 Å². The van der Waals surface area contributed by atoms with E-state index in [-0.39, 0.29) is 5.02 Å². The maximum absolute atomic E-state index is 11.9. The molecule has 0 bridgehead atoms. The maximum Gasteiger partial charge on any atom is 0.342 e. The van der Waals surface area contributed by atoms with Crippen LogP contribution in [0.15, 0.2) is 47.4 Å². The highest BCUT2D eigenvalue weighted by Crippen LogP contribution is 2.13. The first-order valence-corrected chi connectivity index (χ1v) is 5.19. The van der Waals surface area contributed by atoms with Gasteiger partial charge in [0.15, 0.2) is 0 Å². The Labute approximate surface area is 102 Å². The van der Waals surface area contributed by atoms with E-state index >= 15 is 0 Å². The molecule has 2 rings (SSSR count). The quantitative estimate of drug-likeness (QED) is 0.888. The number of pyridine rings is 1. The van der Waals surface area contributed by atoms with E-state index < -0.39 is 17.1 Å². The highest BCUT2D eigenvalue weighted by molar-refractivity contribution is 6.33. The number of aromatic nitrogens is 1. The summed E-state index contributed by atoms with van der Waals surface area (Å²) in [5.41, 5.74) is -0.467. The Morgan fingerprint density at radius 3 is 2.41 bits per heavy atom. The van der Waals surface area contributed by atoms with Gasteiger partial charge in [0.2, 0.25) is 0 Å². The van der Waals surface area contributed by atoms with E-state index in [0.29, 0.717) is 5.69 Å². The Morgan fingerprint density at radius 2 is 1.82 bits per heavy atom. The average Bonchev–Trinajstić information content (AvgIpc) is 2.30. The molecule has 0 radical (unpaired) electrons. The highest BCUT2D eigenvalue weighted by atomic mass is 35.5. The Morgan fingerprint density at radius 1 is 1.18 bits per heavy atom. The van der Waals surface area contributed by atoms with Gasteiger partial charge in [0.1, 0.15) is 5.56 Å². The van der Waals surface area contributed by atoms with Gasteiger partial charge in [-0.05, 0) is 18.2 Å². The minimum Gasteiger partial charge on any atom is -0.477 e. The fourth-order valence-electron chi connectivity index (χ4n) is 1.50. The number of rotatable bonds is 2. The van der Waals surface area contributed by atoms with Crippen molar-refractivity contribution in [1.82, 2.24) is 4.57 Å². The standard InChI is InChI=1S/C12H8ClNO3/c13-9-6-7-14(8-4-2-1-3-5-8)11(15)10(9)12(16)17/h1-7H,(H,16,17). The fraction of sp³-hybridized carbons (Fsp3) is 0. The molecule has 0 amide bonds. The molecule has 4 nitrogen and oxygen atoms in total. The number of carbonyl (C=O) groups is 1. The van der Waals surface area contributed by atoms with Gasteiger partial charge in [-0.3, -0.25) is 9.36 Å². The Kier molecular flexibility index (Phi) is 2.97. The van der Waals surface area contributed by atoms with E-state index in [0.717, 1.165) is 0 Å². The summed E-state index contributed by atoms with van der Waals surface area (Å²) in [7, 11) is 0. The second-order valence-electron chi connectivity index (χ2n) is 3.35. The molecule has 0 aliphatic carbocycles. The van der Waals surface area contributed by atoms with Crippen LogP contribution in [-0.4, -0.2) is 15.6 Å². The zero-order valence-electron chi connectivity index (χ0n) is 8.63. The molecule has 1 heterocycles. The lowest BCUT2D eigenvalue weighted by Gasteiger charge is -2.07. The van der Waals surface area contributed by atoms with E-state index in [1.54, 1.807) is 24.3 Å². The van der Waals surface area contributed by atoms with Crippen LogP contribution in [-0.2, 0) is 0 Å². The Hall–Kier alpha value is -2.07. The van der Waals surface area contributed by atoms with Crippen LogP contribution in [0.1, 0.15) is 10.4 Å². The number of para-hydroxylation sites is 1. The van der Waals surface area contributed by atoms with Crippen LogP contribution in [0.3, 0.4) is 0 Å². The Bertz CT molecular complexity index is 619. The normalized spacial score (nSPS) is 10.2. The van der Waals surface area contributed by atoms with Crippen LogP contribution >= 0.6 is 11.6 Å². The molecular formula is C12H8ClNO3. The van der Waals surface area contributed by atoms with Crippen molar-refractivity contribution >= 4 is 17.6 Å². The lowest BCUT2D eigenvalue weighted by Crippen LogP contribution is -2.25. The summed E-state index contributed by atoms with van der Waals surface area (Å²) in [5.74, 6) is -1.33. The summed E-state index contributed by atoms with van der Waals surface area (Å²) in [6.45, 7) is 0. The zero-order chi connectivity index (χ0) is 12.4. The molecule has 0 saturated carbocycles. The van der Waals surface area contributed by atoms with Crippen molar-refractivity contribution in [1.29, 1.82) is 0 Å². The van der Waals surface area contributed by atoms with Gasteiger partial charge in [-0.2, -0.15) is 0 Å². The van der Waals surface area contributed by atoms with Gasteiger partial charge in [0, 0.05) is 11.9 Å². The number of hydrogen-bond donors (Lipinski definition) is 1. The molecule has 1 N–H and O–H groups in total. The molecule has 0 aliphatic rings. The van der Waals surface area contributed by atoms with Gasteiger partial charge in [-0.25, -0.2) is 4.79 Å². The second-order valence-corrected chi connectivity index (χ2v) is 3.76. The van der Waals surface area contributed by atoms with Crippen LogP contribution in [0.2, 0.25) is 5.02 Å². The summed E-state index contributed by atoms with van der Waals surface area (Å²) in [6.07, 6.45) is 1.45. The molecule has 0 aliphatic heterocycles. The van der Waals surface area contributed by atoms with Crippen LogP contribution in [0.25, 0.3) is 5.69 Å². The van der Waals surface area contributed by atoms with Crippen LogP contribution in [0.5, 0.6) is 0 Å². The van der Waals surface area contributed by atoms with Gasteiger partial charge in [-0.1, -0.05) is 29.8 Å². The highest BCUT2D eigenvalue weighted by Gasteiger charge is 2.16. The number of carboxylic acid groups (broad SMARTS) is 1. The van der Waals surface area contributed by atoms with Crippen molar-refractivity contribution in [2.45, 2.75) is 0 Å². The molecule has 1 aromatic heterocycles. The maximum atomic E-state index is 11.9. The van der Waals surface area contributed by atoms with Gasteiger partial charge < -0.3 is 5.11 Å². The lowest BCUT2D eigenvalue weighted by atomic mass is 10.2. The van der Waals surface area contributed by atoms with Crippen LogP contribution in [0.4, 0.5) is 0 Å². The van der Waals surface area contributed by atoms with Gasteiger partial charge in [0.05, 0.1) is 5.02 Å². The summed E-state index contributed by atoms with van der Waals surface area (Å²) >= 11 is 5.69. The first-order chi connectivity index (χ1) is 8.11. The van der Waals surface area contributed by atoms with Crippen LogP contribution < -0.4 is 5.56 Å². The number of halogens is 1. The van der Waals surface area contributed by atoms with Crippen molar-refractivity contribution < 1.29 is 9.90 Å². The third-order valence-electron chi connectivity index (χ3n) is 2.29. The topological polar surface area (TPSA) is 59.3 Å². The second kappa shape index (κ2) is 4.43. The van der Waals surface area contributed by atoms with Crippen molar-refractivity contribution in [3.8, 4) is 5.69 Å². The van der Waals surface area contributed by atoms with Gasteiger partial charge in [-0.15, -0.1) is 0 Å². The minimum absolute atomic E-state index is 0.0605. The van der Waals surface area contributed by atoms with Crippen molar-refractivity contribution in [2.24, 2.45) is 0 Å². The average molecular weight is 250 g/mol. The molecule has 86 valence electrons. The summed E-state index contributed by atoms with van der Waals surface area (Å²) in [4.78, 5) is 22.9. The zero-order valence-corrected chi connectivity index (χ0v) is 9.39. The van der Waals surface area contributed by atoms with Gasteiger partial charge >= 0.3 is 5.97 Å².